The van der Waals surface area contributed by atoms with Crippen molar-refractivity contribution in [1.29, 1.82) is 0 Å². The van der Waals surface area contributed by atoms with Crippen LogP contribution in [0.3, 0.4) is 0 Å². The maximum atomic E-state index is 2.86. The molecule has 1 nitrogen and oxygen atoms in total. The topological polar surface area (TPSA) is 3.24 Å². The minimum absolute atomic E-state index is 0.544. The number of hydrogen-bond donors (Lipinski definition) is 0. The average Bonchev–Trinajstić information content (AvgIpc) is 2.48. The highest BCUT2D eigenvalue weighted by molar-refractivity contribution is 4.84. The van der Waals surface area contributed by atoms with Crippen LogP contribution in [0.4, 0.5) is 0 Å². The molecule has 132 valence electrons. The molecule has 0 radical (unpaired) electrons. The Balaban J connectivity index is 2.38. The van der Waals surface area contributed by atoms with Crippen molar-refractivity contribution >= 4 is 0 Å². The van der Waals surface area contributed by atoms with Crippen LogP contribution in [-0.2, 0) is 0 Å². The van der Waals surface area contributed by atoms with Crippen molar-refractivity contribution in [3.63, 3.8) is 0 Å². The number of likely N-dealkylation sites (tertiary alicyclic amines) is 1. The molecule has 0 saturated carbocycles. The largest absolute Gasteiger partial charge is 0.300 e. The molecule has 1 saturated heterocycles. The maximum absolute atomic E-state index is 2.86. The van der Waals surface area contributed by atoms with Crippen LogP contribution >= 0.6 is 0 Å². The zero-order valence-electron chi connectivity index (χ0n) is 16.1. The van der Waals surface area contributed by atoms with Gasteiger partial charge in [0, 0.05) is 12.6 Å². The van der Waals surface area contributed by atoms with Gasteiger partial charge in [-0.15, -0.1) is 0 Å². The zero-order valence-corrected chi connectivity index (χ0v) is 16.1. The van der Waals surface area contributed by atoms with E-state index in [1.54, 1.807) is 0 Å². The van der Waals surface area contributed by atoms with E-state index in [0.717, 1.165) is 6.04 Å². The fraction of sp³-hybridized carbons (Fsp3) is 1.00. The van der Waals surface area contributed by atoms with Gasteiger partial charge in [0.2, 0.25) is 0 Å². The average molecular weight is 310 g/mol. The van der Waals surface area contributed by atoms with Crippen LogP contribution in [0, 0.1) is 5.41 Å². The first kappa shape index (κ1) is 20.0. The fourth-order valence-corrected chi connectivity index (χ4v) is 4.08. The second kappa shape index (κ2) is 11.5. The van der Waals surface area contributed by atoms with Crippen LogP contribution in [0.15, 0.2) is 0 Å². The van der Waals surface area contributed by atoms with Gasteiger partial charge in [0.15, 0.2) is 0 Å². The van der Waals surface area contributed by atoms with Gasteiger partial charge in [0.1, 0.15) is 0 Å². The summed E-state index contributed by atoms with van der Waals surface area (Å²) in [6, 6.07) is 0.873. The number of rotatable bonds is 12. The summed E-state index contributed by atoms with van der Waals surface area (Å²) < 4.78 is 0. The minimum atomic E-state index is 0.544. The number of hydrogen-bond acceptors (Lipinski definition) is 1. The highest BCUT2D eigenvalue weighted by atomic mass is 15.2. The molecule has 1 rings (SSSR count). The van der Waals surface area contributed by atoms with Crippen molar-refractivity contribution in [2.75, 3.05) is 13.1 Å². The van der Waals surface area contributed by atoms with Crippen LogP contribution < -0.4 is 0 Å². The molecule has 0 aromatic carbocycles. The number of unbranched alkanes of at least 4 members (excludes halogenated alkanes) is 7. The summed E-state index contributed by atoms with van der Waals surface area (Å²) in [5.41, 5.74) is 0.544. The summed E-state index contributed by atoms with van der Waals surface area (Å²) in [6.45, 7) is 12.3. The zero-order chi connectivity index (χ0) is 16.3. The molecule has 0 aliphatic carbocycles. The molecule has 0 bridgehead atoms. The lowest BCUT2D eigenvalue weighted by Crippen LogP contribution is -2.45. The van der Waals surface area contributed by atoms with E-state index >= 15 is 0 Å². The Kier molecular flexibility index (Phi) is 10.4. The van der Waals surface area contributed by atoms with Crippen molar-refractivity contribution in [1.82, 2.24) is 4.90 Å². The number of nitrogens with zero attached hydrogens (tertiary/aromatic N) is 1. The molecule has 1 unspecified atom stereocenters. The van der Waals surface area contributed by atoms with Crippen LogP contribution in [0.1, 0.15) is 111 Å². The van der Waals surface area contributed by atoms with E-state index in [1.165, 1.54) is 96.6 Å². The highest BCUT2D eigenvalue weighted by Crippen LogP contribution is 2.31. The molecule has 1 aliphatic rings. The van der Waals surface area contributed by atoms with Crippen molar-refractivity contribution in [3.05, 3.63) is 0 Å². The summed E-state index contributed by atoms with van der Waals surface area (Å²) in [5, 5.41) is 0. The van der Waals surface area contributed by atoms with Gasteiger partial charge in [-0.25, -0.2) is 0 Å². The van der Waals surface area contributed by atoms with E-state index in [1.807, 2.05) is 0 Å². The van der Waals surface area contributed by atoms with Gasteiger partial charge < -0.3 is 0 Å². The van der Waals surface area contributed by atoms with E-state index in [-0.39, 0.29) is 0 Å². The summed E-state index contributed by atoms with van der Waals surface area (Å²) in [6.07, 6.45) is 18.6. The lowest BCUT2D eigenvalue weighted by Gasteiger charge is -2.42. The second-order valence-corrected chi connectivity index (χ2v) is 8.44. The molecule has 0 aromatic heterocycles. The third-order valence-corrected chi connectivity index (χ3v) is 5.48. The summed E-state index contributed by atoms with van der Waals surface area (Å²) >= 11 is 0. The Bertz CT molecular complexity index is 259. The molecule has 0 aromatic rings. The molecule has 1 fully saturated rings. The number of piperidine rings is 1. The van der Waals surface area contributed by atoms with Crippen LogP contribution in [-0.4, -0.2) is 24.0 Å². The van der Waals surface area contributed by atoms with Crippen LogP contribution in [0.5, 0.6) is 0 Å². The molecule has 0 amide bonds. The standard InChI is InChI=1S/C21H43N/c1-5-7-9-11-13-16-20(15-12-10-8-6-2)22-18-14-17-21(3,4)19-22/h20H,5-19H2,1-4H3. The first-order valence-corrected chi connectivity index (χ1v) is 10.3. The lowest BCUT2D eigenvalue weighted by molar-refractivity contribution is 0.0679. The summed E-state index contributed by atoms with van der Waals surface area (Å²) in [4.78, 5) is 2.86. The maximum Gasteiger partial charge on any atom is 0.00954 e. The molecule has 1 heterocycles. The minimum Gasteiger partial charge on any atom is -0.300 e. The molecule has 22 heavy (non-hydrogen) atoms. The van der Waals surface area contributed by atoms with Gasteiger partial charge in [-0.3, -0.25) is 4.90 Å². The van der Waals surface area contributed by atoms with Gasteiger partial charge in [-0.05, 0) is 37.6 Å². The van der Waals surface area contributed by atoms with Gasteiger partial charge in [-0.2, -0.15) is 0 Å². The van der Waals surface area contributed by atoms with E-state index in [2.05, 4.69) is 32.6 Å². The van der Waals surface area contributed by atoms with Gasteiger partial charge in [0.05, 0.1) is 0 Å². The quantitative estimate of drug-likeness (QED) is 0.358. The van der Waals surface area contributed by atoms with Crippen molar-refractivity contribution in [3.8, 4) is 0 Å². The lowest BCUT2D eigenvalue weighted by atomic mass is 9.82. The summed E-state index contributed by atoms with van der Waals surface area (Å²) in [7, 11) is 0. The van der Waals surface area contributed by atoms with E-state index in [4.69, 9.17) is 0 Å². The molecule has 1 aliphatic heterocycles. The predicted octanol–water partition coefficient (Wildman–Crippen LogP) is 6.81. The van der Waals surface area contributed by atoms with E-state index in [9.17, 15) is 0 Å². The van der Waals surface area contributed by atoms with Crippen molar-refractivity contribution in [2.45, 2.75) is 117 Å². The molecule has 1 atom stereocenters. The smallest absolute Gasteiger partial charge is 0.00954 e. The Morgan fingerprint density at radius 2 is 1.36 bits per heavy atom. The van der Waals surface area contributed by atoms with Crippen molar-refractivity contribution < 1.29 is 0 Å². The van der Waals surface area contributed by atoms with Crippen LogP contribution in [0.25, 0.3) is 0 Å². The van der Waals surface area contributed by atoms with Gasteiger partial charge >= 0.3 is 0 Å². The monoisotopic (exact) mass is 309 g/mol. The summed E-state index contributed by atoms with van der Waals surface area (Å²) in [5.74, 6) is 0. The first-order valence-electron chi connectivity index (χ1n) is 10.3. The van der Waals surface area contributed by atoms with Gasteiger partial charge in [-0.1, -0.05) is 85.5 Å². The second-order valence-electron chi connectivity index (χ2n) is 8.44. The fourth-order valence-electron chi connectivity index (χ4n) is 4.08. The Morgan fingerprint density at radius 3 is 1.91 bits per heavy atom. The van der Waals surface area contributed by atoms with E-state index in [0.29, 0.717) is 5.41 Å². The Labute approximate surface area is 141 Å². The first-order chi connectivity index (χ1) is 10.6. The SMILES string of the molecule is CCCCCCCC(CCCCCC)N1CCCC(C)(C)C1. The molecular weight excluding hydrogens is 266 g/mol. The molecule has 1 heteroatoms. The van der Waals surface area contributed by atoms with Crippen molar-refractivity contribution in [2.24, 2.45) is 5.41 Å². The normalized spacial score (nSPS) is 20.2. The third-order valence-electron chi connectivity index (χ3n) is 5.48. The third kappa shape index (κ3) is 8.56. The van der Waals surface area contributed by atoms with Crippen LogP contribution in [0.2, 0.25) is 0 Å². The molecular formula is C21H43N. The highest BCUT2D eigenvalue weighted by Gasteiger charge is 2.29. The van der Waals surface area contributed by atoms with Gasteiger partial charge in [0.25, 0.3) is 0 Å². The Morgan fingerprint density at radius 1 is 0.818 bits per heavy atom. The molecule has 0 spiro atoms. The Hall–Kier alpha value is -0.0400. The van der Waals surface area contributed by atoms with E-state index < -0.39 is 0 Å². The predicted molar refractivity (Wildman–Crippen MR) is 101 cm³/mol. The molecule has 0 N–H and O–H groups in total.